The molecule has 0 spiro atoms. The van der Waals surface area contributed by atoms with Gasteiger partial charge in [0.2, 0.25) is 16.9 Å². The van der Waals surface area contributed by atoms with Gasteiger partial charge in [-0.1, -0.05) is 72.0 Å². The molecule has 1 aliphatic heterocycles. The maximum absolute atomic E-state index is 13.4. The molecule has 1 aliphatic rings. The molecule has 1 N–H and O–H groups in total. The number of carbonyl (C=O) groups excluding carboxylic acids is 3. The van der Waals surface area contributed by atoms with Crippen LogP contribution in [0.1, 0.15) is 27.6 Å². The monoisotopic (exact) mass is 724 g/mol. The smallest absolute Gasteiger partial charge is 0.434 e. The Balaban J connectivity index is 1.04. The second-order valence-corrected chi connectivity index (χ2v) is 14.5. The van der Waals surface area contributed by atoms with Crippen molar-refractivity contribution in [3.8, 4) is 0 Å². The number of benzene rings is 2. The third-order valence-electron chi connectivity index (χ3n) is 7.40. The summed E-state index contributed by atoms with van der Waals surface area (Å²) in [5, 5.41) is 14.0. The maximum Gasteiger partial charge on any atom is 0.510 e. The first-order valence-corrected chi connectivity index (χ1v) is 18.9. The standard InChI is InChI=1S/C34H40N6O6S3/c41-28(22-26-8-3-1-4-9-26)36-33-38-37-30(49-33)13-21-47-20-12-29-35-24-32(48-29)40(31(42)23-27-10-5-2-6-11-27)25-46-34(43)45-17-7-14-39-15-18-44-19-16-39/h1-6,8-11,24H,7,12-23,25H2,(H,36,38,41). The lowest BCUT2D eigenvalue weighted by molar-refractivity contribution is -0.119. The van der Waals surface area contributed by atoms with E-state index in [1.807, 2.05) is 60.7 Å². The summed E-state index contributed by atoms with van der Waals surface area (Å²) in [5.74, 6) is 1.35. The van der Waals surface area contributed by atoms with E-state index in [9.17, 15) is 14.4 Å². The second-order valence-electron chi connectivity index (χ2n) is 11.1. The van der Waals surface area contributed by atoms with Crippen LogP contribution in [0.4, 0.5) is 14.9 Å². The van der Waals surface area contributed by atoms with Gasteiger partial charge >= 0.3 is 6.16 Å². The lowest BCUT2D eigenvalue weighted by Crippen LogP contribution is -2.37. The molecule has 49 heavy (non-hydrogen) atoms. The van der Waals surface area contributed by atoms with Crippen LogP contribution in [-0.2, 0) is 49.5 Å². The molecule has 0 bridgehead atoms. The van der Waals surface area contributed by atoms with E-state index in [0.717, 1.165) is 78.3 Å². The number of morpholine rings is 1. The number of hydrogen-bond donors (Lipinski definition) is 1. The highest BCUT2D eigenvalue weighted by Crippen LogP contribution is 2.26. The molecule has 260 valence electrons. The molecule has 0 aliphatic carbocycles. The van der Waals surface area contributed by atoms with Crippen LogP contribution in [0.5, 0.6) is 0 Å². The van der Waals surface area contributed by atoms with E-state index in [-0.39, 0.29) is 31.6 Å². The Hall–Kier alpha value is -3.89. The van der Waals surface area contributed by atoms with Crippen molar-refractivity contribution in [2.75, 3.05) is 67.9 Å². The molecule has 0 atom stereocenters. The molecule has 3 heterocycles. The average molecular weight is 725 g/mol. The van der Waals surface area contributed by atoms with Gasteiger partial charge in [-0.25, -0.2) is 9.78 Å². The van der Waals surface area contributed by atoms with Crippen LogP contribution < -0.4 is 10.2 Å². The van der Waals surface area contributed by atoms with Crippen LogP contribution in [0.3, 0.4) is 0 Å². The van der Waals surface area contributed by atoms with Gasteiger partial charge in [0.25, 0.3) is 0 Å². The molecular weight excluding hydrogens is 685 g/mol. The number of nitrogens with zero attached hydrogens (tertiary/aromatic N) is 5. The number of carbonyl (C=O) groups is 3. The molecule has 1 fully saturated rings. The minimum atomic E-state index is -0.808. The van der Waals surface area contributed by atoms with E-state index in [1.165, 1.54) is 27.6 Å². The fourth-order valence-electron chi connectivity index (χ4n) is 4.86. The largest absolute Gasteiger partial charge is 0.510 e. The van der Waals surface area contributed by atoms with Gasteiger partial charge in [0, 0.05) is 32.5 Å². The van der Waals surface area contributed by atoms with Gasteiger partial charge in [0.15, 0.2) is 6.73 Å². The molecule has 2 aromatic heterocycles. The first-order chi connectivity index (χ1) is 24.0. The van der Waals surface area contributed by atoms with Gasteiger partial charge in [-0.05, 0) is 29.1 Å². The quantitative estimate of drug-likeness (QED) is 0.0834. The van der Waals surface area contributed by atoms with Crippen molar-refractivity contribution in [2.45, 2.75) is 32.1 Å². The fourth-order valence-corrected chi connectivity index (χ4v) is 7.68. The summed E-state index contributed by atoms with van der Waals surface area (Å²) >= 11 is 4.56. The average Bonchev–Trinajstić information content (AvgIpc) is 3.77. The molecule has 1 saturated heterocycles. The van der Waals surface area contributed by atoms with Crippen molar-refractivity contribution in [1.82, 2.24) is 20.1 Å². The summed E-state index contributed by atoms with van der Waals surface area (Å²) in [4.78, 5) is 46.3. The summed E-state index contributed by atoms with van der Waals surface area (Å²) < 4.78 is 16.0. The zero-order chi connectivity index (χ0) is 34.1. The summed E-state index contributed by atoms with van der Waals surface area (Å²) in [7, 11) is 0. The molecule has 12 nitrogen and oxygen atoms in total. The molecular formula is C34H40N6O6S3. The highest BCUT2D eigenvalue weighted by atomic mass is 32.2. The summed E-state index contributed by atoms with van der Waals surface area (Å²) in [6.45, 7) is 3.99. The van der Waals surface area contributed by atoms with Crippen molar-refractivity contribution in [3.05, 3.63) is 88.0 Å². The molecule has 0 saturated carbocycles. The van der Waals surface area contributed by atoms with E-state index in [1.54, 1.807) is 18.0 Å². The van der Waals surface area contributed by atoms with E-state index in [0.29, 0.717) is 23.0 Å². The Kier molecular flexibility index (Phi) is 14.8. The van der Waals surface area contributed by atoms with Gasteiger partial charge in [0.1, 0.15) is 10.0 Å². The number of thiazole rings is 1. The SMILES string of the molecule is O=C(Cc1ccccc1)Nc1nnc(CCSCCc2ncc(N(COC(=O)OCCCN3CCOCC3)C(=O)Cc3ccccc3)s2)s1. The number of amides is 2. The van der Waals surface area contributed by atoms with Crippen molar-refractivity contribution >= 4 is 62.5 Å². The Morgan fingerprint density at radius 2 is 1.57 bits per heavy atom. The van der Waals surface area contributed by atoms with Crippen LogP contribution in [0.2, 0.25) is 0 Å². The van der Waals surface area contributed by atoms with Crippen molar-refractivity contribution in [3.63, 3.8) is 0 Å². The molecule has 2 amide bonds. The van der Waals surface area contributed by atoms with Crippen molar-refractivity contribution in [1.29, 1.82) is 0 Å². The summed E-state index contributed by atoms with van der Waals surface area (Å²) in [6, 6.07) is 19.0. The van der Waals surface area contributed by atoms with Crippen molar-refractivity contribution < 1.29 is 28.6 Å². The van der Waals surface area contributed by atoms with Gasteiger partial charge in [-0.15, -0.1) is 21.5 Å². The molecule has 4 aromatic rings. The van der Waals surface area contributed by atoms with Gasteiger partial charge < -0.3 is 19.5 Å². The number of aromatic nitrogens is 3. The molecule has 0 unspecified atom stereocenters. The first kappa shape index (κ1) is 36.4. The molecule has 15 heteroatoms. The molecule has 2 aromatic carbocycles. The highest BCUT2D eigenvalue weighted by molar-refractivity contribution is 7.99. The predicted octanol–water partition coefficient (Wildman–Crippen LogP) is 5.10. The normalized spacial score (nSPS) is 13.1. The third-order valence-corrected chi connectivity index (χ3v) is 10.4. The first-order valence-electron chi connectivity index (χ1n) is 16.1. The van der Waals surface area contributed by atoms with E-state index >= 15 is 0 Å². The predicted molar refractivity (Wildman–Crippen MR) is 192 cm³/mol. The van der Waals surface area contributed by atoms with Crippen molar-refractivity contribution in [2.24, 2.45) is 0 Å². The number of aryl methyl sites for hydroxylation is 2. The number of anilines is 2. The molecule has 0 radical (unpaired) electrons. The zero-order valence-corrected chi connectivity index (χ0v) is 29.6. The lowest BCUT2D eigenvalue weighted by Gasteiger charge is -2.26. The van der Waals surface area contributed by atoms with Crippen LogP contribution in [0, 0.1) is 0 Å². The van der Waals surface area contributed by atoms with Crippen LogP contribution >= 0.6 is 34.4 Å². The molecule has 5 rings (SSSR count). The Bertz CT molecular complexity index is 1600. The third kappa shape index (κ3) is 12.8. The summed E-state index contributed by atoms with van der Waals surface area (Å²) in [5.41, 5.74) is 1.81. The van der Waals surface area contributed by atoms with Crippen LogP contribution in [0.15, 0.2) is 66.9 Å². The highest BCUT2D eigenvalue weighted by Gasteiger charge is 2.21. The number of ether oxygens (including phenoxy) is 3. The maximum atomic E-state index is 13.4. The number of nitrogens with one attached hydrogen (secondary N) is 1. The zero-order valence-electron chi connectivity index (χ0n) is 27.2. The lowest BCUT2D eigenvalue weighted by atomic mass is 10.1. The van der Waals surface area contributed by atoms with Gasteiger partial charge in [-0.3, -0.25) is 19.4 Å². The van der Waals surface area contributed by atoms with Gasteiger partial charge in [0.05, 0.1) is 43.9 Å². The van der Waals surface area contributed by atoms with E-state index in [2.05, 4.69) is 25.4 Å². The van der Waals surface area contributed by atoms with Crippen LogP contribution in [0.25, 0.3) is 0 Å². The minimum absolute atomic E-state index is 0.118. The Morgan fingerprint density at radius 3 is 2.31 bits per heavy atom. The van der Waals surface area contributed by atoms with E-state index in [4.69, 9.17) is 14.2 Å². The number of rotatable bonds is 18. The Labute approximate surface area is 298 Å². The van der Waals surface area contributed by atoms with Crippen LogP contribution in [-0.4, -0.2) is 95.7 Å². The minimum Gasteiger partial charge on any atom is -0.434 e. The fraction of sp³-hybridized carbons (Fsp3) is 0.412. The topological polar surface area (TPSA) is 136 Å². The Morgan fingerprint density at radius 1 is 0.878 bits per heavy atom. The second kappa shape index (κ2) is 19.9. The summed E-state index contributed by atoms with van der Waals surface area (Å²) in [6.07, 6.45) is 3.44. The number of hydrogen-bond acceptors (Lipinski definition) is 13. The van der Waals surface area contributed by atoms with Gasteiger partial charge in [-0.2, -0.15) is 11.8 Å². The van der Waals surface area contributed by atoms with E-state index < -0.39 is 6.16 Å². The number of thioether (sulfide) groups is 1.